The molecule has 0 spiro atoms. The van der Waals surface area contributed by atoms with Gasteiger partial charge in [0, 0.05) is 18.2 Å². The van der Waals surface area contributed by atoms with Crippen molar-refractivity contribution < 1.29 is 9.90 Å². The second-order valence-electron chi connectivity index (χ2n) is 4.25. The lowest BCUT2D eigenvalue weighted by atomic mass is 9.95. The van der Waals surface area contributed by atoms with Gasteiger partial charge in [-0.3, -0.25) is 4.90 Å². The summed E-state index contributed by atoms with van der Waals surface area (Å²) in [6, 6.07) is 0.444. The number of nitrogens with zero attached hydrogens (tertiary/aromatic N) is 1. The van der Waals surface area contributed by atoms with Crippen LogP contribution in [-0.2, 0) is 4.79 Å². The minimum Gasteiger partial charge on any atom is -0.478 e. The van der Waals surface area contributed by atoms with E-state index in [9.17, 15) is 4.79 Å². The zero-order chi connectivity index (χ0) is 10.1. The van der Waals surface area contributed by atoms with Crippen LogP contribution >= 0.6 is 0 Å². The van der Waals surface area contributed by atoms with Crippen molar-refractivity contribution in [1.29, 1.82) is 0 Å². The van der Waals surface area contributed by atoms with Gasteiger partial charge in [0.25, 0.3) is 0 Å². The third-order valence-corrected chi connectivity index (χ3v) is 3.49. The lowest BCUT2D eigenvalue weighted by Gasteiger charge is -2.30. The minimum absolute atomic E-state index is 0.444. The van der Waals surface area contributed by atoms with Gasteiger partial charge in [-0.2, -0.15) is 0 Å². The predicted molar refractivity (Wildman–Crippen MR) is 54.2 cm³/mol. The number of carbonyl (C=O) groups is 1. The highest BCUT2D eigenvalue weighted by Gasteiger charge is 2.32. The first-order chi connectivity index (χ1) is 6.70. The Labute approximate surface area is 84.4 Å². The summed E-state index contributed by atoms with van der Waals surface area (Å²) in [6.07, 6.45) is 4.64. The average Bonchev–Trinajstić information content (AvgIpc) is 2.60. The van der Waals surface area contributed by atoms with Crippen LogP contribution in [0.15, 0.2) is 11.1 Å². The maximum Gasteiger partial charge on any atom is 0.331 e. The highest BCUT2D eigenvalue weighted by molar-refractivity contribution is 5.87. The number of piperidine rings is 1. The fraction of sp³-hybridized carbons (Fsp3) is 0.727. The van der Waals surface area contributed by atoms with Gasteiger partial charge in [-0.05, 0) is 38.3 Å². The molecule has 1 atom stereocenters. The molecule has 78 valence electrons. The molecule has 2 fully saturated rings. The van der Waals surface area contributed by atoms with Crippen molar-refractivity contribution in [3.63, 3.8) is 0 Å². The third kappa shape index (κ3) is 1.57. The molecular weight excluding hydrogens is 178 g/mol. The molecule has 2 saturated heterocycles. The molecule has 2 rings (SSSR count). The van der Waals surface area contributed by atoms with E-state index in [0.717, 1.165) is 25.9 Å². The number of fused-ring (bicyclic) bond motifs is 1. The second-order valence-corrected chi connectivity index (χ2v) is 4.25. The molecule has 0 saturated carbocycles. The zero-order valence-electron chi connectivity index (χ0n) is 8.62. The first-order valence-corrected chi connectivity index (χ1v) is 5.37. The Kier molecular flexibility index (Phi) is 2.59. The largest absolute Gasteiger partial charge is 0.478 e. The Morgan fingerprint density at radius 1 is 1.43 bits per heavy atom. The van der Waals surface area contributed by atoms with Gasteiger partial charge in [0.05, 0.1) is 0 Å². The van der Waals surface area contributed by atoms with Gasteiger partial charge in [-0.25, -0.2) is 4.79 Å². The van der Waals surface area contributed by atoms with Crippen LogP contribution in [0.3, 0.4) is 0 Å². The first-order valence-electron chi connectivity index (χ1n) is 5.37. The summed E-state index contributed by atoms with van der Waals surface area (Å²) in [4.78, 5) is 13.3. The summed E-state index contributed by atoms with van der Waals surface area (Å²) in [7, 11) is 0. The SMILES string of the molecule is CC(C(=O)O)=C1CCN2CCCCC12. The zero-order valence-corrected chi connectivity index (χ0v) is 8.62. The van der Waals surface area contributed by atoms with Crippen LogP contribution in [0, 0.1) is 0 Å². The molecule has 1 N–H and O–H groups in total. The van der Waals surface area contributed by atoms with Crippen LogP contribution in [0.5, 0.6) is 0 Å². The van der Waals surface area contributed by atoms with E-state index in [1.165, 1.54) is 18.4 Å². The molecule has 3 heteroatoms. The fourth-order valence-electron chi connectivity index (χ4n) is 2.66. The van der Waals surface area contributed by atoms with Crippen molar-refractivity contribution in [3.05, 3.63) is 11.1 Å². The average molecular weight is 195 g/mol. The molecule has 0 aromatic rings. The van der Waals surface area contributed by atoms with Crippen LogP contribution in [-0.4, -0.2) is 35.1 Å². The van der Waals surface area contributed by atoms with Gasteiger partial charge in [0.1, 0.15) is 0 Å². The molecule has 3 nitrogen and oxygen atoms in total. The maximum absolute atomic E-state index is 10.9. The number of aliphatic carboxylic acids is 1. The predicted octanol–water partition coefficient (Wildman–Crippen LogP) is 1.65. The van der Waals surface area contributed by atoms with E-state index >= 15 is 0 Å². The lowest BCUT2D eigenvalue weighted by Crippen LogP contribution is -2.35. The molecule has 0 aromatic heterocycles. The van der Waals surface area contributed by atoms with Crippen LogP contribution < -0.4 is 0 Å². The molecule has 1 unspecified atom stereocenters. The van der Waals surface area contributed by atoms with Gasteiger partial charge in [0.15, 0.2) is 0 Å². The van der Waals surface area contributed by atoms with Crippen molar-refractivity contribution in [2.24, 2.45) is 0 Å². The van der Waals surface area contributed by atoms with Crippen molar-refractivity contribution >= 4 is 5.97 Å². The summed E-state index contributed by atoms with van der Waals surface area (Å²) >= 11 is 0. The number of hydrogen-bond donors (Lipinski definition) is 1. The summed E-state index contributed by atoms with van der Waals surface area (Å²) in [5, 5.41) is 8.96. The van der Waals surface area contributed by atoms with Crippen molar-refractivity contribution in [1.82, 2.24) is 4.90 Å². The highest BCUT2D eigenvalue weighted by Crippen LogP contribution is 2.33. The van der Waals surface area contributed by atoms with E-state index in [2.05, 4.69) is 4.90 Å². The molecule has 2 aliphatic heterocycles. The fourth-order valence-corrected chi connectivity index (χ4v) is 2.66. The van der Waals surface area contributed by atoms with Gasteiger partial charge < -0.3 is 5.11 Å². The molecule has 0 aliphatic carbocycles. The summed E-state index contributed by atoms with van der Waals surface area (Å²) in [5.74, 6) is -0.743. The molecule has 0 amide bonds. The van der Waals surface area contributed by atoms with E-state index in [0.29, 0.717) is 11.6 Å². The van der Waals surface area contributed by atoms with Crippen molar-refractivity contribution in [2.45, 2.75) is 38.6 Å². The summed E-state index contributed by atoms with van der Waals surface area (Å²) in [5.41, 5.74) is 1.76. The smallest absolute Gasteiger partial charge is 0.331 e. The van der Waals surface area contributed by atoms with Gasteiger partial charge in [-0.15, -0.1) is 0 Å². The standard InChI is InChI=1S/C11H17NO2/c1-8(11(13)14)9-5-7-12-6-3-2-4-10(9)12/h10H,2-7H2,1H3,(H,13,14). The Morgan fingerprint density at radius 2 is 2.21 bits per heavy atom. The molecule has 14 heavy (non-hydrogen) atoms. The van der Waals surface area contributed by atoms with E-state index in [1.54, 1.807) is 6.92 Å². The topological polar surface area (TPSA) is 40.5 Å². The Morgan fingerprint density at radius 3 is 2.93 bits per heavy atom. The maximum atomic E-state index is 10.9. The second kappa shape index (κ2) is 3.73. The Hall–Kier alpha value is -0.830. The summed E-state index contributed by atoms with van der Waals surface area (Å²) in [6.45, 7) is 3.96. The third-order valence-electron chi connectivity index (χ3n) is 3.49. The van der Waals surface area contributed by atoms with Crippen molar-refractivity contribution in [3.8, 4) is 0 Å². The Bertz CT molecular complexity index is 283. The van der Waals surface area contributed by atoms with E-state index in [-0.39, 0.29) is 0 Å². The minimum atomic E-state index is -0.743. The number of carboxylic acid groups (broad SMARTS) is 1. The van der Waals surface area contributed by atoms with Crippen LogP contribution in [0.2, 0.25) is 0 Å². The number of rotatable bonds is 1. The highest BCUT2D eigenvalue weighted by atomic mass is 16.4. The molecule has 0 radical (unpaired) electrons. The number of carboxylic acids is 1. The normalized spacial score (nSPS) is 31.4. The molecule has 0 bridgehead atoms. The molecule has 2 aliphatic rings. The van der Waals surface area contributed by atoms with E-state index < -0.39 is 5.97 Å². The first kappa shape index (κ1) is 9.71. The van der Waals surface area contributed by atoms with Crippen LogP contribution in [0.1, 0.15) is 32.6 Å². The van der Waals surface area contributed by atoms with E-state index in [4.69, 9.17) is 5.11 Å². The van der Waals surface area contributed by atoms with Gasteiger partial charge in [0.2, 0.25) is 0 Å². The quantitative estimate of drug-likeness (QED) is 0.647. The van der Waals surface area contributed by atoms with E-state index in [1.807, 2.05) is 0 Å². The van der Waals surface area contributed by atoms with Gasteiger partial charge in [-0.1, -0.05) is 6.42 Å². The van der Waals surface area contributed by atoms with Crippen LogP contribution in [0.25, 0.3) is 0 Å². The van der Waals surface area contributed by atoms with Gasteiger partial charge >= 0.3 is 5.97 Å². The monoisotopic (exact) mass is 195 g/mol. The molecular formula is C11H17NO2. The Balaban J connectivity index is 2.22. The molecule has 2 heterocycles. The van der Waals surface area contributed by atoms with Crippen LogP contribution in [0.4, 0.5) is 0 Å². The summed E-state index contributed by atoms with van der Waals surface area (Å²) < 4.78 is 0. The lowest BCUT2D eigenvalue weighted by molar-refractivity contribution is -0.132. The molecule has 0 aromatic carbocycles. The number of hydrogen-bond acceptors (Lipinski definition) is 2. The van der Waals surface area contributed by atoms with Crippen molar-refractivity contribution in [2.75, 3.05) is 13.1 Å².